The zero-order valence-corrected chi connectivity index (χ0v) is 16.1. The summed E-state index contributed by atoms with van der Waals surface area (Å²) in [4.78, 5) is 28.8. The van der Waals surface area contributed by atoms with Crippen LogP contribution in [0.15, 0.2) is 39.6 Å². The summed E-state index contributed by atoms with van der Waals surface area (Å²) < 4.78 is 6.31. The monoisotopic (exact) mass is 424 g/mol. The minimum atomic E-state index is -0.232. The topological polar surface area (TPSA) is 62.4 Å². The maximum absolute atomic E-state index is 12.7. The van der Waals surface area contributed by atoms with Crippen molar-refractivity contribution < 1.29 is 9.53 Å². The lowest BCUT2D eigenvalue weighted by Crippen LogP contribution is -2.42. The van der Waals surface area contributed by atoms with E-state index < -0.39 is 0 Å². The third-order valence-electron chi connectivity index (χ3n) is 4.27. The fraction of sp³-hybridized carbons (Fsp3) is 0.333. The number of nitrogens with one attached hydrogen (secondary N) is 1. The molecular weight excluding hydrogens is 408 g/mol. The largest absolute Gasteiger partial charge is 0.490 e. The van der Waals surface area contributed by atoms with Crippen LogP contribution >= 0.6 is 27.5 Å². The van der Waals surface area contributed by atoms with Crippen LogP contribution in [0, 0.1) is 6.92 Å². The lowest BCUT2D eigenvalue weighted by atomic mass is 10.1. The number of amides is 1. The van der Waals surface area contributed by atoms with Crippen molar-refractivity contribution in [3.8, 4) is 5.75 Å². The second-order valence-corrected chi connectivity index (χ2v) is 7.34. The molecule has 2 aromatic rings. The van der Waals surface area contributed by atoms with Crippen LogP contribution in [-0.4, -0.2) is 35.0 Å². The van der Waals surface area contributed by atoms with Crippen molar-refractivity contribution in [1.29, 1.82) is 0 Å². The van der Waals surface area contributed by atoms with E-state index in [-0.39, 0.29) is 17.6 Å². The average molecular weight is 426 g/mol. The summed E-state index contributed by atoms with van der Waals surface area (Å²) in [6, 6.07) is 8.88. The first kappa shape index (κ1) is 18.0. The zero-order chi connectivity index (χ0) is 18.0. The third-order valence-corrected chi connectivity index (χ3v) is 5.11. The van der Waals surface area contributed by atoms with Gasteiger partial charge in [-0.2, -0.15) is 0 Å². The summed E-state index contributed by atoms with van der Waals surface area (Å²) in [5, 5.41) is 0.676. The standard InChI is InChI=1S/C18H18BrClN2O3/c1-11-15(10-16(19)17(23)21-11)18(24)22-8-6-14(7-9-22)25-13-4-2-12(20)3-5-13/h2-5,10,14H,6-9H2,1H3,(H,21,23). The molecular formula is C18H18BrClN2O3. The van der Waals surface area contributed by atoms with E-state index in [0.717, 1.165) is 18.6 Å². The minimum absolute atomic E-state index is 0.0700. The highest BCUT2D eigenvalue weighted by atomic mass is 79.9. The molecule has 0 unspecified atom stereocenters. The van der Waals surface area contributed by atoms with Gasteiger partial charge < -0.3 is 14.6 Å². The van der Waals surface area contributed by atoms with Crippen LogP contribution in [0.2, 0.25) is 5.02 Å². The van der Waals surface area contributed by atoms with Crippen LogP contribution in [0.3, 0.4) is 0 Å². The molecule has 3 rings (SSSR count). The molecule has 7 heteroatoms. The number of aryl methyl sites for hydroxylation is 1. The van der Waals surface area contributed by atoms with E-state index in [0.29, 0.717) is 33.8 Å². The summed E-state index contributed by atoms with van der Waals surface area (Å²) in [6.07, 6.45) is 1.60. The molecule has 1 saturated heterocycles. The van der Waals surface area contributed by atoms with Gasteiger partial charge in [0, 0.05) is 36.6 Å². The van der Waals surface area contributed by atoms with Gasteiger partial charge in [-0.25, -0.2) is 0 Å². The number of aromatic amines is 1. The SMILES string of the molecule is Cc1[nH]c(=O)c(Br)cc1C(=O)N1CCC(Oc2ccc(Cl)cc2)CC1. The Kier molecular flexibility index (Phi) is 5.49. The molecule has 5 nitrogen and oxygen atoms in total. The van der Waals surface area contributed by atoms with Gasteiger partial charge in [-0.15, -0.1) is 0 Å². The molecule has 1 aromatic heterocycles. The van der Waals surface area contributed by atoms with Crippen molar-refractivity contribution >= 4 is 33.4 Å². The fourth-order valence-corrected chi connectivity index (χ4v) is 3.33. The fourth-order valence-electron chi connectivity index (χ4n) is 2.87. The van der Waals surface area contributed by atoms with E-state index in [1.54, 1.807) is 30.0 Å². The van der Waals surface area contributed by atoms with Crippen molar-refractivity contribution in [2.75, 3.05) is 13.1 Å². The summed E-state index contributed by atoms with van der Waals surface area (Å²) in [7, 11) is 0. The number of carbonyl (C=O) groups excluding carboxylic acids is 1. The van der Waals surface area contributed by atoms with Crippen molar-refractivity contribution in [1.82, 2.24) is 9.88 Å². The van der Waals surface area contributed by atoms with Crippen molar-refractivity contribution in [2.45, 2.75) is 25.9 Å². The predicted molar refractivity (Wildman–Crippen MR) is 101 cm³/mol. The summed E-state index contributed by atoms with van der Waals surface area (Å²) in [5.41, 5.74) is 0.866. The van der Waals surface area contributed by atoms with E-state index in [2.05, 4.69) is 20.9 Å². The third kappa shape index (κ3) is 4.25. The van der Waals surface area contributed by atoms with E-state index in [4.69, 9.17) is 16.3 Å². The van der Waals surface area contributed by atoms with Crippen LogP contribution in [0.25, 0.3) is 0 Å². The number of ether oxygens (including phenoxy) is 1. The lowest BCUT2D eigenvalue weighted by Gasteiger charge is -2.32. The Hall–Kier alpha value is -1.79. The molecule has 1 N–H and O–H groups in total. The first-order chi connectivity index (χ1) is 11.9. The normalized spacial score (nSPS) is 15.2. The van der Waals surface area contributed by atoms with Gasteiger partial charge in [0.1, 0.15) is 11.9 Å². The number of halogens is 2. The molecule has 0 radical (unpaired) electrons. The highest BCUT2D eigenvalue weighted by Gasteiger charge is 2.26. The summed E-state index contributed by atoms with van der Waals surface area (Å²) in [6.45, 7) is 2.97. The number of benzene rings is 1. The van der Waals surface area contributed by atoms with Gasteiger partial charge in [-0.1, -0.05) is 11.6 Å². The Morgan fingerprint density at radius 3 is 2.56 bits per heavy atom. The van der Waals surface area contributed by atoms with Crippen LogP contribution in [0.5, 0.6) is 5.75 Å². The van der Waals surface area contributed by atoms with Crippen molar-refractivity contribution in [2.24, 2.45) is 0 Å². The predicted octanol–water partition coefficient (Wildman–Crippen LogP) is 3.78. The summed E-state index contributed by atoms with van der Waals surface area (Å²) >= 11 is 9.06. The maximum atomic E-state index is 12.7. The molecule has 25 heavy (non-hydrogen) atoms. The van der Waals surface area contributed by atoms with E-state index >= 15 is 0 Å². The second kappa shape index (κ2) is 7.62. The first-order valence-electron chi connectivity index (χ1n) is 8.05. The summed E-state index contributed by atoms with van der Waals surface area (Å²) in [5.74, 6) is 0.717. The smallest absolute Gasteiger partial charge is 0.262 e. The van der Waals surface area contributed by atoms with Crippen molar-refractivity contribution in [3.05, 3.63) is 61.4 Å². The molecule has 2 heterocycles. The van der Waals surface area contributed by atoms with E-state index in [9.17, 15) is 9.59 Å². The molecule has 1 amide bonds. The van der Waals surface area contributed by atoms with Gasteiger partial charge in [0.15, 0.2) is 0 Å². The Bertz CT molecular complexity index is 827. The Balaban J connectivity index is 1.62. The number of hydrogen-bond donors (Lipinski definition) is 1. The number of pyridine rings is 1. The number of likely N-dealkylation sites (tertiary alicyclic amines) is 1. The number of nitrogens with zero attached hydrogens (tertiary/aromatic N) is 1. The van der Waals surface area contributed by atoms with Gasteiger partial charge in [-0.3, -0.25) is 9.59 Å². The van der Waals surface area contributed by atoms with Crippen LogP contribution < -0.4 is 10.3 Å². The molecule has 0 aliphatic carbocycles. The van der Waals surface area contributed by atoms with Crippen molar-refractivity contribution in [3.63, 3.8) is 0 Å². The maximum Gasteiger partial charge on any atom is 0.262 e. The highest BCUT2D eigenvalue weighted by molar-refractivity contribution is 9.10. The lowest BCUT2D eigenvalue weighted by molar-refractivity contribution is 0.0594. The Morgan fingerprint density at radius 1 is 1.28 bits per heavy atom. The number of piperidine rings is 1. The van der Waals surface area contributed by atoms with Gasteiger partial charge in [0.05, 0.1) is 10.0 Å². The van der Waals surface area contributed by atoms with Gasteiger partial charge in [-0.05, 0) is 53.2 Å². The Morgan fingerprint density at radius 2 is 1.92 bits per heavy atom. The number of carbonyl (C=O) groups is 1. The molecule has 0 spiro atoms. The van der Waals surface area contributed by atoms with E-state index in [1.807, 2.05) is 12.1 Å². The molecule has 132 valence electrons. The van der Waals surface area contributed by atoms with E-state index in [1.165, 1.54) is 0 Å². The molecule has 1 aliphatic rings. The van der Waals surface area contributed by atoms with Gasteiger partial charge in [0.2, 0.25) is 0 Å². The molecule has 0 bridgehead atoms. The quantitative estimate of drug-likeness (QED) is 0.814. The van der Waals surface area contributed by atoms with Crippen LogP contribution in [0.4, 0.5) is 0 Å². The molecule has 1 fully saturated rings. The number of aromatic nitrogens is 1. The molecule has 0 saturated carbocycles. The Labute approximate surface area is 159 Å². The highest BCUT2D eigenvalue weighted by Crippen LogP contribution is 2.22. The number of hydrogen-bond acceptors (Lipinski definition) is 3. The zero-order valence-electron chi connectivity index (χ0n) is 13.7. The van der Waals surface area contributed by atoms with Crippen LogP contribution in [-0.2, 0) is 0 Å². The van der Waals surface area contributed by atoms with Gasteiger partial charge in [0.25, 0.3) is 11.5 Å². The molecule has 0 atom stereocenters. The van der Waals surface area contributed by atoms with Gasteiger partial charge >= 0.3 is 0 Å². The van der Waals surface area contributed by atoms with Crippen LogP contribution in [0.1, 0.15) is 28.9 Å². The average Bonchev–Trinajstić information content (AvgIpc) is 2.60. The number of rotatable bonds is 3. The molecule has 1 aromatic carbocycles. The minimum Gasteiger partial charge on any atom is -0.490 e. The molecule has 1 aliphatic heterocycles. The second-order valence-electron chi connectivity index (χ2n) is 6.05. The first-order valence-corrected chi connectivity index (χ1v) is 9.22. The number of H-pyrrole nitrogens is 1.